The third kappa shape index (κ3) is 8.02. The molecule has 3 rings (SSSR count). The predicted molar refractivity (Wildman–Crippen MR) is 96.8 cm³/mol. The van der Waals surface area contributed by atoms with E-state index in [0.29, 0.717) is 17.2 Å². The number of nitrogens with zero attached hydrogens (tertiary/aromatic N) is 4. The standard InChI is InChI=1S/C19H14N4O.Cu.H2O.O.W/c24-18-14-8-7-13-17(18)21-23-19(15-9-3-1-4-10-15)22-20-16-11-5-2-6-12-16;;;;/h1-11,13-14H,(H-,20,21,22,23,24);;1H2;;/q-2;+1;;;+1/p-1. The van der Waals surface area contributed by atoms with Gasteiger partial charge in [-0.3, -0.25) is 0 Å². The molecular formula is C19H15CuN4O3W-. The molecule has 0 unspecified atom stereocenters. The van der Waals surface area contributed by atoms with Crippen molar-refractivity contribution in [2.75, 3.05) is 0 Å². The van der Waals surface area contributed by atoms with Gasteiger partial charge < -0.3 is 15.6 Å². The molecule has 0 aliphatic heterocycles. The fourth-order valence-electron chi connectivity index (χ4n) is 1.92. The topological polar surface area (TPSA) is 109 Å². The number of rotatable bonds is 4. The van der Waals surface area contributed by atoms with E-state index in [0.717, 1.165) is 5.56 Å². The second-order valence-electron chi connectivity index (χ2n) is 4.90. The van der Waals surface area contributed by atoms with E-state index in [1.165, 1.54) is 0 Å². The van der Waals surface area contributed by atoms with Crippen molar-refractivity contribution in [2.45, 2.75) is 0 Å². The maximum atomic E-state index is 9.78. The van der Waals surface area contributed by atoms with Gasteiger partial charge in [0.15, 0.2) is 5.84 Å². The zero-order valence-corrected chi connectivity index (χ0v) is 18.2. The first-order valence-electron chi connectivity index (χ1n) is 7.68. The van der Waals surface area contributed by atoms with Gasteiger partial charge in [-0.15, -0.1) is 10.2 Å². The zero-order chi connectivity index (χ0) is 19.3. The van der Waals surface area contributed by atoms with E-state index in [1.807, 2.05) is 42.5 Å². The molecule has 0 aliphatic carbocycles. The third-order valence-corrected chi connectivity index (χ3v) is 3.11. The average Bonchev–Trinajstić information content (AvgIpc) is 2.71. The van der Waals surface area contributed by atoms with Gasteiger partial charge in [0.2, 0.25) is 0 Å². The second kappa shape index (κ2) is 13.6. The molecule has 0 heterocycles. The molecule has 0 saturated carbocycles. The number of hydrogen-bond donors (Lipinski definition) is 2. The number of benzene rings is 3. The van der Waals surface area contributed by atoms with Crippen LogP contribution in [0.1, 0.15) is 5.56 Å². The Bertz CT molecular complexity index is 909. The molecule has 0 aliphatic rings. The van der Waals surface area contributed by atoms with Crippen LogP contribution in [0.15, 0.2) is 94.2 Å². The van der Waals surface area contributed by atoms with Crippen LogP contribution < -0.4 is 0 Å². The quantitative estimate of drug-likeness (QED) is 0.115. The van der Waals surface area contributed by atoms with Crippen LogP contribution in [0.3, 0.4) is 0 Å². The minimum absolute atomic E-state index is 0. The normalized spacial score (nSPS) is 10.4. The van der Waals surface area contributed by atoms with Gasteiger partial charge in [0, 0.05) is 5.56 Å². The van der Waals surface area contributed by atoms with Crippen molar-refractivity contribution in [3.63, 3.8) is 0 Å². The molecule has 2 N–H and O–H groups in total. The summed E-state index contributed by atoms with van der Waals surface area (Å²) in [5, 5.41) is 22.2. The molecule has 0 saturated heterocycles. The van der Waals surface area contributed by atoms with Crippen molar-refractivity contribution in [1.29, 1.82) is 0 Å². The van der Waals surface area contributed by atoms with Gasteiger partial charge in [-0.2, -0.15) is 30.3 Å². The SMILES string of the molecule is Oc1ccccc1N=N/C(=N\[N-]c1[c-]cccc1)c1ccccc1.[Cu+].[O]=[W][OH]. The summed E-state index contributed by atoms with van der Waals surface area (Å²) >= 11 is -2.00. The number of aromatic hydroxyl groups is 1. The first-order chi connectivity index (χ1) is 13.2. The molecule has 0 spiro atoms. The summed E-state index contributed by atoms with van der Waals surface area (Å²) in [5.74, 6) is 0.401. The Morgan fingerprint density at radius 1 is 0.964 bits per heavy atom. The molecule has 3 aromatic rings. The van der Waals surface area contributed by atoms with Crippen molar-refractivity contribution in [3.8, 4) is 5.75 Å². The van der Waals surface area contributed by atoms with Crippen molar-refractivity contribution in [3.05, 3.63) is 95.9 Å². The van der Waals surface area contributed by atoms with Crippen LogP contribution >= 0.6 is 0 Å². The molecule has 7 nitrogen and oxygen atoms in total. The molecule has 0 amide bonds. The van der Waals surface area contributed by atoms with E-state index >= 15 is 0 Å². The summed E-state index contributed by atoms with van der Waals surface area (Å²) in [7, 11) is 0. The number of para-hydroxylation sites is 1. The Labute approximate surface area is 182 Å². The fourth-order valence-corrected chi connectivity index (χ4v) is 1.92. The second-order valence-corrected chi connectivity index (χ2v) is 5.44. The molecule has 0 fully saturated rings. The van der Waals surface area contributed by atoms with Crippen LogP contribution in [-0.2, 0) is 39.4 Å². The van der Waals surface area contributed by atoms with Crippen LogP contribution in [0.2, 0.25) is 0 Å². The van der Waals surface area contributed by atoms with Gasteiger partial charge in [-0.05, 0) is 12.1 Å². The molecule has 147 valence electrons. The molecule has 0 radical (unpaired) electrons. The number of amidine groups is 1. The molecule has 3 aromatic carbocycles. The van der Waals surface area contributed by atoms with Gasteiger partial charge in [-0.1, -0.05) is 42.5 Å². The van der Waals surface area contributed by atoms with Gasteiger partial charge >= 0.3 is 43.1 Å². The van der Waals surface area contributed by atoms with Crippen molar-refractivity contribution >= 4 is 17.2 Å². The molecule has 0 bridgehead atoms. The number of phenols is 1. The molecule has 0 aromatic heterocycles. The van der Waals surface area contributed by atoms with Gasteiger partial charge in [-0.25, -0.2) is 5.69 Å². The number of azo groups is 1. The van der Waals surface area contributed by atoms with E-state index in [4.69, 9.17) is 7.16 Å². The summed E-state index contributed by atoms with van der Waals surface area (Å²) < 4.78 is 15.8. The van der Waals surface area contributed by atoms with Gasteiger partial charge in [0.25, 0.3) is 0 Å². The van der Waals surface area contributed by atoms with E-state index < -0.39 is 18.9 Å². The molecule has 0 atom stereocenters. The Hall–Kier alpha value is -2.50. The average molecular weight is 595 g/mol. The monoisotopic (exact) mass is 594 g/mol. The van der Waals surface area contributed by atoms with Crippen LogP contribution in [0.5, 0.6) is 5.75 Å². The summed E-state index contributed by atoms with van der Waals surface area (Å²) in [6, 6.07) is 26.4. The molecule has 28 heavy (non-hydrogen) atoms. The van der Waals surface area contributed by atoms with Crippen LogP contribution in [0.4, 0.5) is 11.4 Å². The Morgan fingerprint density at radius 3 is 2.25 bits per heavy atom. The summed E-state index contributed by atoms with van der Waals surface area (Å²) in [6.07, 6.45) is 0. The van der Waals surface area contributed by atoms with E-state index in [2.05, 4.69) is 26.8 Å². The van der Waals surface area contributed by atoms with Crippen LogP contribution in [0, 0.1) is 6.07 Å². The van der Waals surface area contributed by atoms with Crippen molar-refractivity contribution in [2.24, 2.45) is 15.3 Å². The van der Waals surface area contributed by atoms with Gasteiger partial charge in [0.05, 0.1) is 0 Å². The predicted octanol–water partition coefficient (Wildman–Crippen LogP) is 4.66. The van der Waals surface area contributed by atoms with Crippen molar-refractivity contribution in [1.82, 2.24) is 0 Å². The molecular weight excluding hydrogens is 580 g/mol. The fraction of sp³-hybridized carbons (Fsp3) is 0. The maximum absolute atomic E-state index is 9.78. The van der Waals surface area contributed by atoms with E-state index in [1.54, 1.807) is 36.4 Å². The third-order valence-electron chi connectivity index (χ3n) is 3.11. The summed E-state index contributed by atoms with van der Waals surface area (Å²) in [4.78, 5) is 0. The zero-order valence-electron chi connectivity index (χ0n) is 14.3. The molecule has 9 heteroatoms. The van der Waals surface area contributed by atoms with Crippen LogP contribution in [-0.4, -0.2) is 14.7 Å². The summed E-state index contributed by atoms with van der Waals surface area (Å²) in [5.41, 5.74) is 5.88. The summed E-state index contributed by atoms with van der Waals surface area (Å²) in [6.45, 7) is 0. The van der Waals surface area contributed by atoms with Crippen LogP contribution in [0.25, 0.3) is 5.43 Å². The van der Waals surface area contributed by atoms with E-state index in [9.17, 15) is 5.11 Å². The van der Waals surface area contributed by atoms with Crippen molar-refractivity contribution < 1.29 is 48.2 Å². The van der Waals surface area contributed by atoms with E-state index in [-0.39, 0.29) is 22.8 Å². The van der Waals surface area contributed by atoms with Gasteiger partial charge in [0.1, 0.15) is 11.4 Å². The first kappa shape index (κ1) is 23.5. The minimum atomic E-state index is -2.00. The number of phenolic OH excluding ortho intramolecular Hbond substituents is 1. The Kier molecular flexibility index (Phi) is 11.5. The Balaban J connectivity index is 0.000000921. The number of hydrogen-bond acceptors (Lipinski definition) is 4. The Morgan fingerprint density at radius 2 is 1.61 bits per heavy atom. The first-order valence-corrected chi connectivity index (χ1v) is 10.2.